The maximum Gasteiger partial charge on any atom is 0.0150 e. The van der Waals surface area contributed by atoms with Crippen molar-refractivity contribution in [2.75, 3.05) is 0 Å². The summed E-state index contributed by atoms with van der Waals surface area (Å²) in [6, 6.07) is 26.6. The van der Waals surface area contributed by atoms with Crippen LogP contribution in [0.25, 0.3) is 11.1 Å². The highest BCUT2D eigenvalue weighted by Crippen LogP contribution is 2.52. The van der Waals surface area contributed by atoms with Gasteiger partial charge >= 0.3 is 0 Å². The van der Waals surface area contributed by atoms with Crippen LogP contribution in [0.2, 0.25) is 0 Å². The van der Waals surface area contributed by atoms with Gasteiger partial charge in [0.25, 0.3) is 0 Å². The molecule has 0 aliphatic heterocycles. The minimum atomic E-state index is 0.267. The first-order valence-electron chi connectivity index (χ1n) is 13.9. The lowest BCUT2D eigenvalue weighted by Crippen LogP contribution is -2.22. The van der Waals surface area contributed by atoms with Gasteiger partial charge in [0.1, 0.15) is 0 Å². The van der Waals surface area contributed by atoms with E-state index in [9.17, 15) is 0 Å². The molecule has 0 saturated carbocycles. The minimum absolute atomic E-state index is 0.267. The Labute approximate surface area is 217 Å². The summed E-state index contributed by atoms with van der Waals surface area (Å²) in [5, 5.41) is 0. The van der Waals surface area contributed by atoms with E-state index >= 15 is 0 Å². The molecule has 3 aromatic rings. The van der Waals surface area contributed by atoms with E-state index in [-0.39, 0.29) is 5.41 Å². The molecule has 0 bridgehead atoms. The van der Waals surface area contributed by atoms with E-state index in [0.29, 0.717) is 11.3 Å². The summed E-state index contributed by atoms with van der Waals surface area (Å²) in [5.74, 6) is 1.28. The van der Waals surface area contributed by atoms with Crippen molar-refractivity contribution < 1.29 is 0 Å². The van der Waals surface area contributed by atoms with Gasteiger partial charge in [0.2, 0.25) is 0 Å². The molecule has 0 nitrogen and oxygen atoms in total. The molecular formula is C35H50. The molecule has 2 aliphatic carbocycles. The van der Waals surface area contributed by atoms with Gasteiger partial charge in [-0.15, -0.1) is 0 Å². The molecule has 2 aliphatic rings. The lowest BCUT2D eigenvalue weighted by atomic mass is 9.69. The van der Waals surface area contributed by atoms with Gasteiger partial charge in [-0.25, -0.2) is 0 Å². The van der Waals surface area contributed by atoms with E-state index in [2.05, 4.69) is 114 Å². The Morgan fingerprint density at radius 1 is 0.543 bits per heavy atom. The van der Waals surface area contributed by atoms with Gasteiger partial charge < -0.3 is 0 Å². The quantitative estimate of drug-likeness (QED) is 0.306. The molecule has 1 unspecified atom stereocenters. The molecule has 0 aromatic heterocycles. The normalized spacial score (nSPS) is 16.1. The number of hydrogen-bond acceptors (Lipinski definition) is 0. The van der Waals surface area contributed by atoms with E-state index in [0.717, 1.165) is 5.92 Å². The topological polar surface area (TPSA) is 0 Å². The van der Waals surface area contributed by atoms with E-state index in [1.165, 1.54) is 41.5 Å². The van der Waals surface area contributed by atoms with Crippen LogP contribution < -0.4 is 0 Å². The molecule has 0 radical (unpaired) electrons. The van der Waals surface area contributed by atoms with Crippen LogP contribution >= 0.6 is 0 Å². The van der Waals surface area contributed by atoms with Crippen LogP contribution in [0.4, 0.5) is 0 Å². The number of hydrogen-bond donors (Lipinski definition) is 0. The predicted molar refractivity (Wildman–Crippen MR) is 157 cm³/mol. The average Bonchev–Trinajstić information content (AvgIpc) is 3.21. The zero-order valence-electron chi connectivity index (χ0n) is 24.2. The summed E-state index contributed by atoms with van der Waals surface area (Å²) < 4.78 is 0. The molecule has 0 heterocycles. The fourth-order valence-electron chi connectivity index (χ4n) is 5.74. The molecule has 0 saturated heterocycles. The van der Waals surface area contributed by atoms with Crippen molar-refractivity contribution in [3.05, 3.63) is 95.1 Å². The summed E-state index contributed by atoms with van der Waals surface area (Å²) in [4.78, 5) is 0. The van der Waals surface area contributed by atoms with Crippen molar-refractivity contribution in [2.45, 2.75) is 100 Å². The molecule has 0 fully saturated rings. The first kappa shape index (κ1) is 28.9. The molecule has 35 heavy (non-hydrogen) atoms. The Bertz CT molecular complexity index is 996. The molecule has 0 spiro atoms. The molecule has 0 N–H and O–H groups in total. The Morgan fingerprint density at radius 3 is 1.43 bits per heavy atom. The van der Waals surface area contributed by atoms with Crippen LogP contribution in [0.15, 0.2) is 72.8 Å². The SMILES string of the molecule is CC.CC.CC(C)(C)C1CCCc2ccccc21.CC(C)(C)C1c2ccccc2-c2ccccc21. The third kappa shape index (κ3) is 6.66. The summed E-state index contributed by atoms with van der Waals surface area (Å²) in [7, 11) is 0. The highest BCUT2D eigenvalue weighted by atomic mass is 14.4. The lowest BCUT2D eigenvalue weighted by Gasteiger charge is -2.35. The maximum atomic E-state index is 2.36. The Hall–Kier alpha value is -2.34. The van der Waals surface area contributed by atoms with Crippen molar-refractivity contribution in [1.82, 2.24) is 0 Å². The van der Waals surface area contributed by atoms with Crippen molar-refractivity contribution in [3.63, 3.8) is 0 Å². The molecule has 190 valence electrons. The molecule has 3 aromatic carbocycles. The van der Waals surface area contributed by atoms with Crippen molar-refractivity contribution in [2.24, 2.45) is 10.8 Å². The largest absolute Gasteiger partial charge is 0.0683 e. The monoisotopic (exact) mass is 470 g/mol. The molecule has 1 atom stereocenters. The second-order valence-electron chi connectivity index (χ2n) is 11.5. The molecule has 5 rings (SSSR count). The number of rotatable bonds is 0. The van der Waals surface area contributed by atoms with Gasteiger partial charge in [-0.1, -0.05) is 142 Å². The van der Waals surface area contributed by atoms with Crippen LogP contribution in [0.1, 0.15) is 116 Å². The van der Waals surface area contributed by atoms with Gasteiger partial charge in [0, 0.05) is 5.92 Å². The highest BCUT2D eigenvalue weighted by Gasteiger charge is 2.36. The average molecular weight is 471 g/mol. The summed E-state index contributed by atoms with van der Waals surface area (Å²) in [5.41, 5.74) is 9.68. The third-order valence-corrected chi connectivity index (χ3v) is 7.11. The fraction of sp³-hybridized carbons (Fsp3) is 0.486. The van der Waals surface area contributed by atoms with Crippen LogP contribution in [-0.2, 0) is 6.42 Å². The molecular weight excluding hydrogens is 420 g/mol. The third-order valence-electron chi connectivity index (χ3n) is 7.11. The van der Waals surface area contributed by atoms with Crippen molar-refractivity contribution >= 4 is 0 Å². The number of fused-ring (bicyclic) bond motifs is 4. The first-order valence-corrected chi connectivity index (χ1v) is 13.9. The predicted octanol–water partition coefficient (Wildman–Crippen LogP) is 11.0. The smallest absolute Gasteiger partial charge is 0.0150 e. The van der Waals surface area contributed by atoms with E-state index in [4.69, 9.17) is 0 Å². The minimum Gasteiger partial charge on any atom is -0.0683 e. The summed E-state index contributed by atoms with van der Waals surface area (Å²) in [6.07, 6.45) is 4.00. The van der Waals surface area contributed by atoms with Gasteiger partial charge in [0.05, 0.1) is 0 Å². The van der Waals surface area contributed by atoms with Crippen molar-refractivity contribution in [3.8, 4) is 11.1 Å². The van der Waals surface area contributed by atoms with Crippen LogP contribution in [0.5, 0.6) is 0 Å². The van der Waals surface area contributed by atoms with Crippen LogP contribution in [0.3, 0.4) is 0 Å². The first-order chi connectivity index (χ1) is 16.7. The summed E-state index contributed by atoms with van der Waals surface area (Å²) >= 11 is 0. The Balaban J connectivity index is 0.000000220. The van der Waals surface area contributed by atoms with Crippen LogP contribution in [-0.4, -0.2) is 0 Å². The summed E-state index contributed by atoms with van der Waals surface area (Å²) in [6.45, 7) is 22.1. The standard InChI is InChI=1S/C17H18.C14H20.2C2H6/c1-17(2,3)16-14-10-6-4-8-12(14)13-9-5-7-11-15(13)16;1-14(2,3)13-10-6-8-11-7-4-5-9-12(11)13;2*1-2/h4-11,16H,1-3H3;4-5,7,9,13H,6,8,10H2,1-3H3;2*1-2H3. The molecule has 0 heteroatoms. The van der Waals surface area contributed by atoms with E-state index in [1.54, 1.807) is 11.1 Å². The zero-order chi connectivity index (χ0) is 26.2. The Morgan fingerprint density at radius 2 is 0.971 bits per heavy atom. The van der Waals surface area contributed by atoms with Gasteiger partial charge in [-0.3, -0.25) is 0 Å². The Kier molecular flexibility index (Phi) is 10.4. The van der Waals surface area contributed by atoms with Crippen molar-refractivity contribution in [1.29, 1.82) is 0 Å². The van der Waals surface area contributed by atoms with Gasteiger partial charge in [0.15, 0.2) is 0 Å². The lowest BCUT2D eigenvalue weighted by molar-refractivity contribution is 0.289. The second-order valence-corrected chi connectivity index (χ2v) is 11.5. The van der Waals surface area contributed by atoms with E-state index in [1.807, 2.05) is 27.7 Å². The van der Waals surface area contributed by atoms with Crippen LogP contribution in [0, 0.1) is 10.8 Å². The van der Waals surface area contributed by atoms with E-state index < -0.39 is 0 Å². The fourth-order valence-corrected chi connectivity index (χ4v) is 5.74. The highest BCUT2D eigenvalue weighted by molar-refractivity contribution is 5.79. The van der Waals surface area contributed by atoms with Gasteiger partial charge in [-0.05, 0) is 69.4 Å². The molecule has 0 amide bonds. The second kappa shape index (κ2) is 12.6. The van der Waals surface area contributed by atoms with Gasteiger partial charge in [-0.2, -0.15) is 0 Å². The zero-order valence-corrected chi connectivity index (χ0v) is 24.2. The maximum absolute atomic E-state index is 2.36. The number of benzene rings is 3. The number of aryl methyl sites for hydroxylation is 1.